The molecule has 0 saturated carbocycles. The molecule has 4 nitrogen and oxygen atoms in total. The Morgan fingerprint density at radius 3 is 2.50 bits per heavy atom. The third kappa shape index (κ3) is 2.32. The van der Waals surface area contributed by atoms with Crippen molar-refractivity contribution in [1.82, 2.24) is 0 Å². The Bertz CT molecular complexity index is 680. The van der Waals surface area contributed by atoms with Gasteiger partial charge in [-0.05, 0) is 60.7 Å². The molecule has 4 heteroatoms. The Morgan fingerprint density at radius 1 is 1.05 bits per heavy atom. The number of fused-ring (bicyclic) bond motifs is 1. The number of nitrogen functional groups attached to an aromatic ring is 1. The number of carboxylic acid groups (broad SMARTS) is 1. The number of nitrogens with two attached hydrogens (primary N) is 1. The van der Waals surface area contributed by atoms with E-state index in [-0.39, 0.29) is 11.3 Å². The Labute approximate surface area is 117 Å². The van der Waals surface area contributed by atoms with Gasteiger partial charge in [0.2, 0.25) is 0 Å². The lowest BCUT2D eigenvalue weighted by Gasteiger charge is -2.10. The van der Waals surface area contributed by atoms with Crippen LogP contribution in [0.4, 0.5) is 17.1 Å². The van der Waals surface area contributed by atoms with Crippen LogP contribution in [0.2, 0.25) is 0 Å². The van der Waals surface area contributed by atoms with E-state index in [1.54, 1.807) is 12.1 Å². The van der Waals surface area contributed by atoms with E-state index in [1.807, 2.05) is 6.07 Å². The van der Waals surface area contributed by atoms with Gasteiger partial charge in [-0.15, -0.1) is 0 Å². The molecule has 0 saturated heterocycles. The SMILES string of the molecule is Nc1cc(Nc2ccc3c(c2)CCC3)ccc1C(=O)O. The minimum atomic E-state index is -1.01. The van der Waals surface area contributed by atoms with Crippen molar-refractivity contribution in [3.63, 3.8) is 0 Å². The van der Waals surface area contributed by atoms with Crippen molar-refractivity contribution in [2.24, 2.45) is 0 Å². The Kier molecular flexibility index (Phi) is 3.06. The molecule has 1 aliphatic carbocycles. The van der Waals surface area contributed by atoms with E-state index in [4.69, 9.17) is 10.8 Å². The molecule has 2 aromatic carbocycles. The van der Waals surface area contributed by atoms with E-state index >= 15 is 0 Å². The number of benzene rings is 2. The van der Waals surface area contributed by atoms with Crippen LogP contribution in [0, 0.1) is 0 Å². The van der Waals surface area contributed by atoms with Crippen LogP contribution in [0.5, 0.6) is 0 Å². The zero-order chi connectivity index (χ0) is 14.1. The number of anilines is 3. The smallest absolute Gasteiger partial charge is 0.337 e. The predicted molar refractivity (Wildman–Crippen MR) is 79.6 cm³/mol. The highest BCUT2D eigenvalue weighted by Gasteiger charge is 2.11. The summed E-state index contributed by atoms with van der Waals surface area (Å²) in [4.78, 5) is 10.9. The van der Waals surface area contributed by atoms with Gasteiger partial charge in [-0.25, -0.2) is 4.79 Å². The molecule has 2 aromatic rings. The van der Waals surface area contributed by atoms with Crippen molar-refractivity contribution in [3.05, 3.63) is 53.1 Å². The summed E-state index contributed by atoms with van der Waals surface area (Å²) in [6.45, 7) is 0. The first-order valence-electron chi connectivity index (χ1n) is 6.65. The van der Waals surface area contributed by atoms with Gasteiger partial charge < -0.3 is 16.2 Å². The summed E-state index contributed by atoms with van der Waals surface area (Å²) in [5.74, 6) is -1.01. The average Bonchev–Trinajstić information content (AvgIpc) is 2.85. The van der Waals surface area contributed by atoms with Gasteiger partial charge in [-0.1, -0.05) is 6.07 Å². The number of nitrogens with one attached hydrogen (secondary N) is 1. The number of hydrogen-bond donors (Lipinski definition) is 3. The number of rotatable bonds is 3. The summed E-state index contributed by atoms with van der Waals surface area (Å²) < 4.78 is 0. The van der Waals surface area contributed by atoms with Gasteiger partial charge in [0.15, 0.2) is 0 Å². The molecule has 0 radical (unpaired) electrons. The number of carbonyl (C=O) groups is 1. The summed E-state index contributed by atoms with van der Waals surface area (Å²) in [6, 6.07) is 11.3. The summed E-state index contributed by atoms with van der Waals surface area (Å²) in [6.07, 6.45) is 3.51. The second kappa shape index (κ2) is 4.89. The Hall–Kier alpha value is -2.49. The average molecular weight is 268 g/mol. The normalized spacial score (nSPS) is 13.0. The Balaban J connectivity index is 1.84. The summed E-state index contributed by atoms with van der Waals surface area (Å²) in [5, 5.41) is 12.2. The minimum absolute atomic E-state index is 0.129. The van der Waals surface area contributed by atoms with Crippen LogP contribution in [-0.2, 0) is 12.8 Å². The van der Waals surface area contributed by atoms with E-state index in [0.717, 1.165) is 24.2 Å². The molecule has 0 spiro atoms. The van der Waals surface area contributed by atoms with Gasteiger partial charge in [-0.2, -0.15) is 0 Å². The summed E-state index contributed by atoms with van der Waals surface area (Å²) in [7, 11) is 0. The van der Waals surface area contributed by atoms with E-state index in [0.29, 0.717) is 0 Å². The molecular weight excluding hydrogens is 252 g/mol. The fourth-order valence-corrected chi connectivity index (χ4v) is 2.65. The second-order valence-electron chi connectivity index (χ2n) is 5.07. The predicted octanol–water partition coefficient (Wildman–Crippen LogP) is 3.20. The maximum Gasteiger partial charge on any atom is 0.337 e. The first-order chi connectivity index (χ1) is 9.63. The molecule has 1 aliphatic rings. The van der Waals surface area contributed by atoms with E-state index in [1.165, 1.54) is 23.6 Å². The van der Waals surface area contributed by atoms with Crippen molar-refractivity contribution in [1.29, 1.82) is 0 Å². The third-order valence-corrected chi connectivity index (χ3v) is 3.67. The van der Waals surface area contributed by atoms with Gasteiger partial charge in [0.05, 0.1) is 5.56 Å². The monoisotopic (exact) mass is 268 g/mol. The number of carboxylic acids is 1. The van der Waals surface area contributed by atoms with Crippen LogP contribution < -0.4 is 11.1 Å². The molecule has 0 bridgehead atoms. The van der Waals surface area contributed by atoms with Gasteiger partial charge in [0.25, 0.3) is 0 Å². The van der Waals surface area contributed by atoms with Gasteiger partial charge in [-0.3, -0.25) is 0 Å². The molecule has 0 aromatic heterocycles. The number of hydrogen-bond acceptors (Lipinski definition) is 3. The molecule has 0 fully saturated rings. The highest BCUT2D eigenvalue weighted by Crippen LogP contribution is 2.27. The van der Waals surface area contributed by atoms with Crippen LogP contribution >= 0.6 is 0 Å². The van der Waals surface area contributed by atoms with Gasteiger partial charge in [0, 0.05) is 17.1 Å². The molecular formula is C16H16N2O2. The Morgan fingerprint density at radius 2 is 1.75 bits per heavy atom. The maximum absolute atomic E-state index is 10.9. The maximum atomic E-state index is 10.9. The molecule has 0 atom stereocenters. The summed E-state index contributed by atoms with van der Waals surface area (Å²) in [5.41, 5.74) is 10.8. The molecule has 0 amide bonds. The van der Waals surface area contributed by atoms with E-state index in [9.17, 15) is 4.79 Å². The second-order valence-corrected chi connectivity index (χ2v) is 5.07. The van der Waals surface area contributed by atoms with Crippen LogP contribution in [0.1, 0.15) is 27.9 Å². The zero-order valence-electron chi connectivity index (χ0n) is 11.0. The first-order valence-corrected chi connectivity index (χ1v) is 6.65. The number of aromatic carboxylic acids is 1. The van der Waals surface area contributed by atoms with Crippen LogP contribution in [-0.4, -0.2) is 11.1 Å². The van der Waals surface area contributed by atoms with E-state index < -0.39 is 5.97 Å². The van der Waals surface area contributed by atoms with Crippen molar-refractivity contribution >= 4 is 23.0 Å². The fraction of sp³-hybridized carbons (Fsp3) is 0.188. The lowest BCUT2D eigenvalue weighted by Crippen LogP contribution is -2.03. The van der Waals surface area contributed by atoms with Crippen molar-refractivity contribution in [2.45, 2.75) is 19.3 Å². The third-order valence-electron chi connectivity index (χ3n) is 3.67. The topological polar surface area (TPSA) is 75.3 Å². The molecule has 20 heavy (non-hydrogen) atoms. The fourth-order valence-electron chi connectivity index (χ4n) is 2.65. The van der Waals surface area contributed by atoms with Gasteiger partial charge >= 0.3 is 5.97 Å². The van der Waals surface area contributed by atoms with Crippen molar-refractivity contribution < 1.29 is 9.90 Å². The van der Waals surface area contributed by atoms with E-state index in [2.05, 4.69) is 17.4 Å². The highest BCUT2D eigenvalue weighted by molar-refractivity contribution is 5.94. The first kappa shape index (κ1) is 12.5. The van der Waals surface area contributed by atoms with Crippen molar-refractivity contribution in [2.75, 3.05) is 11.1 Å². The standard InChI is InChI=1S/C16H16N2O2/c17-15-9-13(6-7-14(15)16(19)20)18-12-5-4-10-2-1-3-11(10)8-12/h4-9,18H,1-3,17H2,(H,19,20). The lowest BCUT2D eigenvalue weighted by molar-refractivity contribution is 0.0698. The van der Waals surface area contributed by atoms with Gasteiger partial charge in [0.1, 0.15) is 0 Å². The highest BCUT2D eigenvalue weighted by atomic mass is 16.4. The summed E-state index contributed by atoms with van der Waals surface area (Å²) >= 11 is 0. The molecule has 0 heterocycles. The number of aryl methyl sites for hydroxylation is 2. The molecule has 3 rings (SSSR count). The van der Waals surface area contributed by atoms with Crippen LogP contribution in [0.3, 0.4) is 0 Å². The molecule has 102 valence electrons. The quantitative estimate of drug-likeness (QED) is 0.747. The van der Waals surface area contributed by atoms with Crippen LogP contribution in [0.15, 0.2) is 36.4 Å². The zero-order valence-corrected chi connectivity index (χ0v) is 11.0. The molecule has 4 N–H and O–H groups in total. The largest absolute Gasteiger partial charge is 0.478 e. The molecule has 0 unspecified atom stereocenters. The van der Waals surface area contributed by atoms with Crippen LogP contribution in [0.25, 0.3) is 0 Å². The van der Waals surface area contributed by atoms with Crippen molar-refractivity contribution in [3.8, 4) is 0 Å². The molecule has 0 aliphatic heterocycles. The minimum Gasteiger partial charge on any atom is -0.478 e. The lowest BCUT2D eigenvalue weighted by atomic mass is 10.1.